The summed E-state index contributed by atoms with van der Waals surface area (Å²) >= 11 is 3.33. The highest BCUT2D eigenvalue weighted by Crippen LogP contribution is 2.31. The molecule has 4 aromatic rings. The summed E-state index contributed by atoms with van der Waals surface area (Å²) < 4.78 is 32.1. The van der Waals surface area contributed by atoms with E-state index >= 15 is 0 Å². The second-order valence-electron chi connectivity index (χ2n) is 8.20. The molecule has 4 rings (SSSR count). The van der Waals surface area contributed by atoms with Gasteiger partial charge in [0.1, 0.15) is 5.52 Å². The fourth-order valence-corrected chi connectivity index (χ4v) is 5.89. The lowest BCUT2D eigenvalue weighted by molar-refractivity contribution is 0.0779. The number of H-pyrrole nitrogens is 1. The second-order valence-corrected chi connectivity index (χ2v) is 10.9. The molecule has 35 heavy (non-hydrogen) atoms. The Morgan fingerprint density at radius 1 is 1.17 bits per heavy atom. The lowest BCUT2D eigenvalue weighted by Crippen LogP contribution is -2.28. The Kier molecular flexibility index (Phi) is 7.34. The Hall–Kier alpha value is -3.08. The van der Waals surface area contributed by atoms with Crippen molar-refractivity contribution in [1.29, 1.82) is 0 Å². The maximum absolute atomic E-state index is 13.3. The van der Waals surface area contributed by atoms with E-state index in [2.05, 4.69) is 30.9 Å². The van der Waals surface area contributed by atoms with Crippen LogP contribution in [0.4, 0.5) is 0 Å². The van der Waals surface area contributed by atoms with E-state index < -0.39 is 9.84 Å². The third-order valence-corrected chi connectivity index (χ3v) is 8.26. The predicted octanol–water partition coefficient (Wildman–Crippen LogP) is 4.64. The topological polar surface area (TPSA) is 105 Å². The highest BCUT2D eigenvalue weighted by Gasteiger charge is 2.24. The van der Waals surface area contributed by atoms with Gasteiger partial charge in [0.05, 0.1) is 11.1 Å². The number of fused-ring (bicyclic) bond motifs is 1. The van der Waals surface area contributed by atoms with Crippen LogP contribution >= 0.6 is 15.9 Å². The quantitative estimate of drug-likeness (QED) is 0.317. The van der Waals surface area contributed by atoms with Crippen LogP contribution in [-0.4, -0.2) is 61.5 Å². The molecular weight excluding hydrogens is 532 g/mol. The van der Waals surface area contributed by atoms with Crippen LogP contribution in [0.3, 0.4) is 0 Å². The van der Waals surface area contributed by atoms with Gasteiger partial charge in [-0.3, -0.25) is 4.79 Å². The van der Waals surface area contributed by atoms with E-state index in [4.69, 9.17) is 4.74 Å². The molecule has 1 N–H and O–H groups in total. The number of carbonyl (C=O) groups excluding carboxylic acids is 1. The Labute approximate surface area is 212 Å². The minimum absolute atomic E-state index is 0.0801. The number of hydrogen-bond acceptors (Lipinski definition) is 6. The zero-order valence-corrected chi connectivity index (χ0v) is 22.0. The summed E-state index contributed by atoms with van der Waals surface area (Å²) in [6, 6.07) is 12.3. The zero-order chi connectivity index (χ0) is 25.2. The molecule has 0 aliphatic heterocycles. The maximum Gasteiger partial charge on any atom is 0.253 e. The Balaban J connectivity index is 1.66. The standard InChI is InChI=1S/C25H25BrN4O4S/c1-16-5-10-20(26)21(13-16)35(32,33)22-15-28-24-23(29-22)19(14-27-24)17-6-8-18(9-7-17)25(31)30(2)11-4-12-34-3/h5-10,13-15H,4,11-12H2,1-3H3,(H,27,28). The molecule has 0 fully saturated rings. The summed E-state index contributed by atoms with van der Waals surface area (Å²) in [6.45, 7) is 3.02. The van der Waals surface area contributed by atoms with Crippen LogP contribution in [0.15, 0.2) is 69.3 Å². The number of methoxy groups -OCH3 is 1. The van der Waals surface area contributed by atoms with Crippen molar-refractivity contribution in [3.05, 3.63) is 70.5 Å². The van der Waals surface area contributed by atoms with Crippen LogP contribution in [0.5, 0.6) is 0 Å². The van der Waals surface area contributed by atoms with Crippen molar-refractivity contribution in [2.75, 3.05) is 27.3 Å². The summed E-state index contributed by atoms with van der Waals surface area (Å²) in [5.74, 6) is -0.0801. The fraction of sp³-hybridized carbons (Fsp3) is 0.240. The van der Waals surface area contributed by atoms with Gasteiger partial charge in [-0.2, -0.15) is 0 Å². The molecule has 0 atom stereocenters. The number of hydrogen-bond donors (Lipinski definition) is 1. The van der Waals surface area contributed by atoms with E-state index in [1.807, 2.05) is 25.1 Å². The van der Waals surface area contributed by atoms with E-state index in [-0.39, 0.29) is 15.8 Å². The Bertz CT molecular complexity index is 1480. The molecule has 2 aromatic carbocycles. The largest absolute Gasteiger partial charge is 0.385 e. The number of nitrogens with zero attached hydrogens (tertiary/aromatic N) is 3. The highest BCUT2D eigenvalue weighted by molar-refractivity contribution is 9.10. The average molecular weight is 557 g/mol. The molecule has 0 bridgehead atoms. The first-order valence-electron chi connectivity index (χ1n) is 10.9. The van der Waals surface area contributed by atoms with E-state index in [0.29, 0.717) is 39.9 Å². The Morgan fingerprint density at radius 3 is 2.63 bits per heavy atom. The number of benzene rings is 2. The third kappa shape index (κ3) is 5.14. The van der Waals surface area contributed by atoms with Crippen LogP contribution in [0.1, 0.15) is 22.3 Å². The number of sulfone groups is 1. The molecule has 0 aliphatic rings. The number of nitrogens with one attached hydrogen (secondary N) is 1. The molecule has 0 saturated heterocycles. The summed E-state index contributed by atoms with van der Waals surface area (Å²) in [6.07, 6.45) is 3.75. The van der Waals surface area contributed by atoms with Crippen LogP contribution in [0, 0.1) is 6.92 Å². The molecular formula is C25H25BrN4O4S. The SMILES string of the molecule is COCCCN(C)C(=O)c1ccc(-c2c[nH]c3ncc(S(=O)(=O)c4cc(C)ccc4Br)nc23)cc1. The van der Waals surface area contributed by atoms with E-state index in [1.54, 1.807) is 49.5 Å². The average Bonchev–Trinajstić information content (AvgIpc) is 3.28. The van der Waals surface area contributed by atoms with E-state index in [1.165, 1.54) is 6.20 Å². The van der Waals surface area contributed by atoms with Gasteiger partial charge >= 0.3 is 0 Å². The van der Waals surface area contributed by atoms with Gasteiger partial charge in [-0.1, -0.05) is 18.2 Å². The van der Waals surface area contributed by atoms with Crippen molar-refractivity contribution in [2.45, 2.75) is 23.3 Å². The first-order valence-corrected chi connectivity index (χ1v) is 13.2. The summed E-state index contributed by atoms with van der Waals surface area (Å²) in [4.78, 5) is 26.3. The van der Waals surface area contributed by atoms with Crippen molar-refractivity contribution in [1.82, 2.24) is 19.9 Å². The van der Waals surface area contributed by atoms with Crippen molar-refractivity contribution < 1.29 is 17.9 Å². The van der Waals surface area contributed by atoms with Crippen LogP contribution < -0.4 is 0 Å². The normalized spacial score (nSPS) is 11.7. The molecule has 182 valence electrons. The van der Waals surface area contributed by atoms with Crippen molar-refractivity contribution in [3.63, 3.8) is 0 Å². The molecule has 2 aromatic heterocycles. The van der Waals surface area contributed by atoms with Crippen molar-refractivity contribution >= 4 is 42.8 Å². The lowest BCUT2D eigenvalue weighted by Gasteiger charge is -2.17. The van der Waals surface area contributed by atoms with E-state index in [0.717, 1.165) is 17.5 Å². The zero-order valence-electron chi connectivity index (χ0n) is 19.6. The number of carbonyl (C=O) groups is 1. The lowest BCUT2D eigenvalue weighted by atomic mass is 10.1. The first-order chi connectivity index (χ1) is 16.7. The third-order valence-electron chi connectivity index (χ3n) is 5.64. The number of aryl methyl sites for hydroxylation is 1. The van der Waals surface area contributed by atoms with Crippen molar-refractivity contribution in [3.8, 4) is 11.1 Å². The fourth-order valence-electron chi connectivity index (χ4n) is 3.71. The number of amides is 1. The number of ether oxygens (including phenoxy) is 1. The number of halogens is 1. The van der Waals surface area contributed by atoms with Gasteiger partial charge in [0.25, 0.3) is 5.91 Å². The smallest absolute Gasteiger partial charge is 0.253 e. The molecule has 0 aliphatic carbocycles. The van der Waals surface area contributed by atoms with Crippen LogP contribution in [-0.2, 0) is 14.6 Å². The van der Waals surface area contributed by atoms with Gasteiger partial charge in [-0.05, 0) is 64.7 Å². The molecule has 8 nitrogen and oxygen atoms in total. The Morgan fingerprint density at radius 2 is 1.91 bits per heavy atom. The van der Waals surface area contributed by atoms with Gasteiger partial charge in [0, 0.05) is 49.1 Å². The maximum atomic E-state index is 13.3. The molecule has 0 saturated carbocycles. The van der Waals surface area contributed by atoms with Gasteiger partial charge in [-0.15, -0.1) is 0 Å². The number of aromatic nitrogens is 3. The van der Waals surface area contributed by atoms with Gasteiger partial charge < -0.3 is 14.6 Å². The minimum atomic E-state index is -3.89. The van der Waals surface area contributed by atoms with Crippen LogP contribution in [0.2, 0.25) is 0 Å². The summed E-state index contributed by atoms with van der Waals surface area (Å²) in [5, 5.41) is -0.137. The highest BCUT2D eigenvalue weighted by atomic mass is 79.9. The van der Waals surface area contributed by atoms with Crippen molar-refractivity contribution in [2.24, 2.45) is 0 Å². The van der Waals surface area contributed by atoms with E-state index in [9.17, 15) is 13.2 Å². The monoisotopic (exact) mass is 556 g/mol. The first kappa shape index (κ1) is 25.0. The summed E-state index contributed by atoms with van der Waals surface area (Å²) in [7, 11) is -0.497. The van der Waals surface area contributed by atoms with Gasteiger partial charge in [-0.25, -0.2) is 18.4 Å². The molecule has 0 spiro atoms. The minimum Gasteiger partial charge on any atom is -0.385 e. The number of rotatable bonds is 8. The van der Waals surface area contributed by atoms with Crippen LogP contribution in [0.25, 0.3) is 22.3 Å². The summed E-state index contributed by atoms with van der Waals surface area (Å²) in [5.41, 5.74) is 3.77. The van der Waals surface area contributed by atoms with Gasteiger partial charge in [0.15, 0.2) is 10.7 Å². The van der Waals surface area contributed by atoms with Gasteiger partial charge in [0.2, 0.25) is 9.84 Å². The predicted molar refractivity (Wildman–Crippen MR) is 137 cm³/mol. The second kappa shape index (κ2) is 10.3. The molecule has 1 amide bonds. The number of aromatic amines is 1. The molecule has 0 unspecified atom stereocenters. The molecule has 2 heterocycles. The molecule has 0 radical (unpaired) electrons. The molecule has 10 heteroatoms.